The van der Waals surface area contributed by atoms with E-state index in [4.69, 9.17) is 9.47 Å². The Labute approximate surface area is 153 Å². The Hall–Kier alpha value is -2.75. The third kappa shape index (κ3) is 2.57. The summed E-state index contributed by atoms with van der Waals surface area (Å²) in [5, 5.41) is 3.73. The largest absolute Gasteiger partial charge is 0.495 e. The number of benzene rings is 2. The number of esters is 1. The molecule has 3 atom stereocenters. The van der Waals surface area contributed by atoms with Gasteiger partial charge in [0.2, 0.25) is 0 Å². The summed E-state index contributed by atoms with van der Waals surface area (Å²) < 4.78 is 10.4. The van der Waals surface area contributed by atoms with E-state index in [2.05, 4.69) is 30.5 Å². The Balaban J connectivity index is 1.75. The van der Waals surface area contributed by atoms with Crippen molar-refractivity contribution in [3.63, 3.8) is 0 Å². The molecule has 0 radical (unpaired) electrons. The SMILES string of the molecule is COC(=O)c1ccc([C@H]2Nc3c(OC)ccc(C)c3C3C=CCC32)cc1. The maximum Gasteiger partial charge on any atom is 0.337 e. The van der Waals surface area contributed by atoms with Gasteiger partial charge >= 0.3 is 5.97 Å². The number of carbonyl (C=O) groups excluding carboxylic acids is 1. The summed E-state index contributed by atoms with van der Waals surface area (Å²) in [6.07, 6.45) is 5.64. The highest BCUT2D eigenvalue weighted by Gasteiger charge is 2.39. The van der Waals surface area contributed by atoms with Gasteiger partial charge in [0.25, 0.3) is 0 Å². The Morgan fingerprint density at radius 2 is 1.88 bits per heavy atom. The minimum absolute atomic E-state index is 0.171. The first kappa shape index (κ1) is 16.7. The molecular weight excluding hydrogens is 326 g/mol. The van der Waals surface area contributed by atoms with Crippen LogP contribution in [0, 0.1) is 12.8 Å². The zero-order chi connectivity index (χ0) is 18.3. The zero-order valence-corrected chi connectivity index (χ0v) is 15.3. The second-order valence-electron chi connectivity index (χ2n) is 6.96. The maximum absolute atomic E-state index is 11.7. The Morgan fingerprint density at radius 3 is 2.58 bits per heavy atom. The minimum Gasteiger partial charge on any atom is -0.495 e. The Kier molecular flexibility index (Phi) is 4.19. The van der Waals surface area contributed by atoms with E-state index in [1.807, 2.05) is 30.3 Å². The fourth-order valence-corrected chi connectivity index (χ4v) is 4.32. The van der Waals surface area contributed by atoms with Crippen LogP contribution in [0.4, 0.5) is 5.69 Å². The molecule has 0 aromatic heterocycles. The van der Waals surface area contributed by atoms with E-state index in [0.717, 1.165) is 17.9 Å². The van der Waals surface area contributed by atoms with Crippen LogP contribution in [-0.2, 0) is 4.74 Å². The van der Waals surface area contributed by atoms with Crippen molar-refractivity contribution in [2.24, 2.45) is 5.92 Å². The number of hydrogen-bond donors (Lipinski definition) is 1. The number of anilines is 1. The molecule has 0 fully saturated rings. The predicted octanol–water partition coefficient (Wildman–Crippen LogP) is 4.62. The molecule has 4 rings (SSSR count). The third-order valence-corrected chi connectivity index (χ3v) is 5.61. The highest BCUT2D eigenvalue weighted by atomic mass is 16.5. The molecule has 0 saturated heterocycles. The van der Waals surface area contributed by atoms with Crippen molar-refractivity contribution >= 4 is 11.7 Å². The van der Waals surface area contributed by atoms with Crippen LogP contribution in [0.5, 0.6) is 5.75 Å². The minimum atomic E-state index is -0.309. The Morgan fingerprint density at radius 1 is 1.12 bits per heavy atom. The number of hydrogen-bond acceptors (Lipinski definition) is 4. The van der Waals surface area contributed by atoms with E-state index < -0.39 is 0 Å². The van der Waals surface area contributed by atoms with Gasteiger partial charge in [-0.1, -0.05) is 30.4 Å². The normalized spacial score (nSPS) is 23.0. The van der Waals surface area contributed by atoms with Crippen molar-refractivity contribution in [1.82, 2.24) is 0 Å². The van der Waals surface area contributed by atoms with Crippen LogP contribution in [0.15, 0.2) is 48.6 Å². The molecule has 2 aromatic rings. The van der Waals surface area contributed by atoms with Crippen molar-refractivity contribution in [2.45, 2.75) is 25.3 Å². The number of aryl methyl sites for hydroxylation is 1. The first-order chi connectivity index (χ1) is 12.6. The number of nitrogens with one attached hydrogen (secondary N) is 1. The molecule has 2 aromatic carbocycles. The molecule has 1 heterocycles. The molecule has 1 N–H and O–H groups in total. The fraction of sp³-hybridized carbons (Fsp3) is 0.318. The predicted molar refractivity (Wildman–Crippen MR) is 102 cm³/mol. The lowest BCUT2D eigenvalue weighted by Gasteiger charge is -2.39. The quantitative estimate of drug-likeness (QED) is 0.649. The van der Waals surface area contributed by atoms with Gasteiger partial charge in [-0.25, -0.2) is 4.79 Å². The maximum atomic E-state index is 11.7. The smallest absolute Gasteiger partial charge is 0.337 e. The molecule has 1 aliphatic heterocycles. The van der Waals surface area contributed by atoms with Gasteiger partial charge in [-0.15, -0.1) is 0 Å². The summed E-state index contributed by atoms with van der Waals surface area (Å²) in [5.74, 6) is 1.40. The summed E-state index contributed by atoms with van der Waals surface area (Å²) in [4.78, 5) is 11.7. The number of rotatable bonds is 3. The topological polar surface area (TPSA) is 47.6 Å². The number of carbonyl (C=O) groups is 1. The van der Waals surface area contributed by atoms with Crippen LogP contribution in [0.25, 0.3) is 0 Å². The molecule has 0 saturated carbocycles. The lowest BCUT2D eigenvalue weighted by Crippen LogP contribution is -2.30. The second kappa shape index (κ2) is 6.52. The molecule has 0 spiro atoms. The van der Waals surface area contributed by atoms with Gasteiger partial charge in [0.05, 0.1) is 31.5 Å². The third-order valence-electron chi connectivity index (χ3n) is 5.61. The van der Waals surface area contributed by atoms with E-state index in [-0.39, 0.29) is 12.0 Å². The summed E-state index contributed by atoms with van der Waals surface area (Å²) in [7, 11) is 3.11. The zero-order valence-electron chi connectivity index (χ0n) is 15.3. The van der Waals surface area contributed by atoms with Crippen molar-refractivity contribution in [3.8, 4) is 5.75 Å². The van der Waals surface area contributed by atoms with E-state index >= 15 is 0 Å². The van der Waals surface area contributed by atoms with Gasteiger partial charge in [-0.2, -0.15) is 0 Å². The van der Waals surface area contributed by atoms with Crippen molar-refractivity contribution < 1.29 is 14.3 Å². The van der Waals surface area contributed by atoms with Gasteiger partial charge in [0, 0.05) is 5.92 Å². The molecule has 0 bridgehead atoms. The van der Waals surface area contributed by atoms with Crippen LogP contribution in [-0.4, -0.2) is 20.2 Å². The molecular formula is C22H23NO3. The molecule has 0 amide bonds. The number of allylic oxidation sites excluding steroid dienone is 2. The van der Waals surface area contributed by atoms with E-state index in [9.17, 15) is 4.79 Å². The second-order valence-corrected chi connectivity index (χ2v) is 6.96. The van der Waals surface area contributed by atoms with Crippen molar-refractivity contribution in [2.75, 3.05) is 19.5 Å². The van der Waals surface area contributed by atoms with E-state index in [1.165, 1.54) is 23.8 Å². The standard InChI is InChI=1S/C22H23NO3/c1-13-7-12-18(25-2)21-19(13)16-5-4-6-17(16)20(23-21)14-8-10-15(11-9-14)22(24)26-3/h4-5,7-12,16-17,20,23H,6H2,1-3H3/t16?,17?,20-/m1/s1. The van der Waals surface area contributed by atoms with Crippen LogP contribution >= 0.6 is 0 Å². The number of fused-ring (bicyclic) bond motifs is 3. The van der Waals surface area contributed by atoms with Crippen molar-refractivity contribution in [3.05, 3.63) is 70.8 Å². The highest BCUT2D eigenvalue weighted by molar-refractivity contribution is 5.89. The van der Waals surface area contributed by atoms with E-state index in [1.54, 1.807) is 7.11 Å². The summed E-state index contributed by atoms with van der Waals surface area (Å²) in [6, 6.07) is 12.0. The van der Waals surface area contributed by atoms with E-state index in [0.29, 0.717) is 17.4 Å². The van der Waals surface area contributed by atoms with Gasteiger partial charge in [-0.05, 0) is 54.2 Å². The number of ether oxygens (including phenoxy) is 2. The summed E-state index contributed by atoms with van der Waals surface area (Å²) in [6.45, 7) is 2.16. The van der Waals surface area contributed by atoms with Crippen LogP contribution < -0.4 is 10.1 Å². The highest BCUT2D eigenvalue weighted by Crippen LogP contribution is 2.53. The van der Waals surface area contributed by atoms with Gasteiger partial charge in [-0.3, -0.25) is 0 Å². The Bertz CT molecular complexity index is 870. The fourth-order valence-electron chi connectivity index (χ4n) is 4.32. The van der Waals surface area contributed by atoms with Gasteiger partial charge < -0.3 is 14.8 Å². The van der Waals surface area contributed by atoms with Gasteiger partial charge in [0.15, 0.2) is 0 Å². The molecule has 1 aliphatic carbocycles. The average Bonchev–Trinajstić information content (AvgIpc) is 3.16. The lowest BCUT2D eigenvalue weighted by atomic mass is 9.75. The van der Waals surface area contributed by atoms with Crippen molar-refractivity contribution in [1.29, 1.82) is 0 Å². The molecule has 2 aliphatic rings. The molecule has 26 heavy (non-hydrogen) atoms. The van der Waals surface area contributed by atoms with Crippen LogP contribution in [0.3, 0.4) is 0 Å². The van der Waals surface area contributed by atoms with Crippen LogP contribution in [0.2, 0.25) is 0 Å². The average molecular weight is 349 g/mol. The first-order valence-corrected chi connectivity index (χ1v) is 8.93. The van der Waals surface area contributed by atoms with Gasteiger partial charge in [0.1, 0.15) is 5.75 Å². The molecule has 134 valence electrons. The number of methoxy groups -OCH3 is 2. The summed E-state index contributed by atoms with van der Waals surface area (Å²) >= 11 is 0. The first-order valence-electron chi connectivity index (χ1n) is 8.93. The molecule has 4 heteroatoms. The lowest BCUT2D eigenvalue weighted by molar-refractivity contribution is 0.0600. The monoisotopic (exact) mass is 349 g/mol. The summed E-state index contributed by atoms with van der Waals surface area (Å²) in [5.41, 5.74) is 5.45. The van der Waals surface area contributed by atoms with Crippen LogP contribution in [0.1, 0.15) is 45.4 Å². The molecule has 4 nitrogen and oxygen atoms in total. The molecule has 2 unspecified atom stereocenters.